The molecule has 0 saturated heterocycles. The number of carbonyl (C=O) groups is 3. The number of aromatic carboxylic acids is 1. The van der Waals surface area contributed by atoms with Crippen LogP contribution in [0, 0.1) is 0 Å². The number of sulfonamides is 1. The lowest BCUT2D eigenvalue weighted by Gasteiger charge is -2.21. The molecule has 0 unspecified atom stereocenters. The highest BCUT2D eigenvalue weighted by atomic mass is 32.2. The number of hydrogen-bond donors (Lipinski definition) is 3. The van der Waals surface area contributed by atoms with E-state index in [-0.39, 0.29) is 28.5 Å². The van der Waals surface area contributed by atoms with E-state index in [1.54, 1.807) is 12.1 Å². The summed E-state index contributed by atoms with van der Waals surface area (Å²) in [5.41, 5.74) is 3.89. The van der Waals surface area contributed by atoms with Gasteiger partial charge in [0.15, 0.2) is 0 Å². The largest absolute Gasteiger partial charge is 0.478 e. The van der Waals surface area contributed by atoms with Gasteiger partial charge in [-0.25, -0.2) is 18.6 Å². The van der Waals surface area contributed by atoms with Crippen molar-refractivity contribution >= 4 is 39.7 Å². The molecule has 3 aromatic rings. The van der Waals surface area contributed by atoms with Gasteiger partial charge in [-0.3, -0.25) is 9.59 Å². The Morgan fingerprint density at radius 3 is 2.24 bits per heavy atom. The second kappa shape index (κ2) is 12.6. The Morgan fingerprint density at radius 2 is 1.59 bits per heavy atom. The fraction of sp³-hybridized carbons (Fsp3) is 0.154. The number of benzene rings is 3. The van der Waals surface area contributed by atoms with Crippen molar-refractivity contribution in [1.29, 1.82) is 0 Å². The number of carboxylic acid groups (broad SMARTS) is 1. The Balaban J connectivity index is 1.77. The van der Waals surface area contributed by atoms with E-state index in [1.807, 2.05) is 30.3 Å². The molecule has 0 saturated carbocycles. The average molecular weight is 523 g/mol. The van der Waals surface area contributed by atoms with Crippen LogP contribution in [0.15, 0.2) is 88.9 Å². The maximum atomic E-state index is 13.4. The van der Waals surface area contributed by atoms with E-state index in [1.165, 1.54) is 49.5 Å². The van der Waals surface area contributed by atoms with Crippen LogP contribution < -0.4 is 10.7 Å². The quantitative estimate of drug-likeness (QED) is 0.261. The first-order valence-electron chi connectivity index (χ1n) is 11.2. The molecule has 0 aliphatic heterocycles. The van der Waals surface area contributed by atoms with Gasteiger partial charge in [-0.1, -0.05) is 48.5 Å². The predicted octanol–water partition coefficient (Wildman–Crippen LogP) is 2.73. The van der Waals surface area contributed by atoms with E-state index in [0.29, 0.717) is 12.1 Å². The summed E-state index contributed by atoms with van der Waals surface area (Å²) in [5, 5.41) is 15.6. The molecule has 3 rings (SSSR count). The van der Waals surface area contributed by atoms with E-state index in [9.17, 15) is 27.9 Å². The molecule has 0 spiro atoms. The molecule has 192 valence electrons. The van der Waals surface area contributed by atoms with Crippen molar-refractivity contribution in [2.75, 3.05) is 18.4 Å². The third kappa shape index (κ3) is 7.82. The van der Waals surface area contributed by atoms with Gasteiger partial charge < -0.3 is 10.4 Å². The number of carbonyl (C=O) groups excluding carboxylic acids is 2. The minimum atomic E-state index is -4.08. The molecule has 0 fully saturated rings. The summed E-state index contributed by atoms with van der Waals surface area (Å²) in [5.74, 6) is -2.13. The van der Waals surface area contributed by atoms with Crippen LogP contribution in [0.3, 0.4) is 0 Å². The standard InChI is InChI=1S/C26H26N4O6S/c1-19(31)28-22-11-13-23(14-12-22)37(35,36)30(16-15-20-7-3-2-4-8-20)18-25(32)29-27-17-21-9-5-6-10-24(21)26(33)34/h2-14,17H,15-16,18H2,1H3,(H,28,31)(H,29,32)(H,33,34). The van der Waals surface area contributed by atoms with Crippen LogP contribution in [-0.4, -0.2) is 54.9 Å². The molecule has 0 aromatic heterocycles. The summed E-state index contributed by atoms with van der Waals surface area (Å²) >= 11 is 0. The maximum Gasteiger partial charge on any atom is 0.336 e. The monoisotopic (exact) mass is 522 g/mol. The van der Waals surface area contributed by atoms with E-state index >= 15 is 0 Å². The van der Waals surface area contributed by atoms with Crippen LogP contribution in [0.2, 0.25) is 0 Å². The van der Waals surface area contributed by atoms with Gasteiger partial charge in [0.2, 0.25) is 15.9 Å². The van der Waals surface area contributed by atoms with Gasteiger partial charge in [-0.15, -0.1) is 0 Å². The molecule has 0 heterocycles. The lowest BCUT2D eigenvalue weighted by Crippen LogP contribution is -2.40. The molecule has 37 heavy (non-hydrogen) atoms. The lowest BCUT2D eigenvalue weighted by molar-refractivity contribution is -0.121. The second-order valence-electron chi connectivity index (χ2n) is 7.97. The first-order chi connectivity index (χ1) is 17.7. The molecule has 0 atom stereocenters. The van der Waals surface area contributed by atoms with Gasteiger partial charge in [0.05, 0.1) is 23.2 Å². The second-order valence-corrected chi connectivity index (χ2v) is 9.90. The first kappa shape index (κ1) is 27.2. The molecule has 11 heteroatoms. The van der Waals surface area contributed by atoms with Gasteiger partial charge in [0.1, 0.15) is 0 Å². The molecule has 0 bridgehead atoms. The van der Waals surface area contributed by atoms with Gasteiger partial charge in [-0.2, -0.15) is 9.41 Å². The summed E-state index contributed by atoms with van der Waals surface area (Å²) in [6, 6.07) is 21.0. The molecular weight excluding hydrogens is 496 g/mol. The zero-order valence-electron chi connectivity index (χ0n) is 20.0. The Morgan fingerprint density at radius 1 is 0.946 bits per heavy atom. The number of hydrogen-bond acceptors (Lipinski definition) is 6. The van der Waals surface area contributed by atoms with Crippen LogP contribution in [-0.2, 0) is 26.0 Å². The fourth-order valence-corrected chi connectivity index (χ4v) is 4.82. The van der Waals surface area contributed by atoms with Crippen molar-refractivity contribution < 1.29 is 27.9 Å². The van der Waals surface area contributed by atoms with Crippen molar-refractivity contribution in [3.8, 4) is 0 Å². The van der Waals surface area contributed by atoms with Gasteiger partial charge >= 0.3 is 5.97 Å². The van der Waals surface area contributed by atoms with Crippen LogP contribution in [0.1, 0.15) is 28.4 Å². The molecular formula is C26H26N4O6S. The lowest BCUT2D eigenvalue weighted by atomic mass is 10.1. The fourth-order valence-electron chi connectivity index (χ4n) is 3.42. The number of hydrazone groups is 1. The average Bonchev–Trinajstić information content (AvgIpc) is 2.87. The number of amides is 2. The summed E-state index contributed by atoms with van der Waals surface area (Å²) in [4.78, 5) is 35.2. The van der Waals surface area contributed by atoms with Crippen molar-refractivity contribution in [3.05, 3.63) is 95.6 Å². The normalized spacial score (nSPS) is 11.4. The number of nitrogens with one attached hydrogen (secondary N) is 2. The molecule has 0 aliphatic carbocycles. The van der Waals surface area contributed by atoms with E-state index < -0.39 is 28.4 Å². The Bertz CT molecular complexity index is 1390. The maximum absolute atomic E-state index is 13.4. The van der Waals surface area contributed by atoms with Crippen molar-refractivity contribution in [3.63, 3.8) is 0 Å². The van der Waals surface area contributed by atoms with E-state index in [0.717, 1.165) is 9.87 Å². The minimum Gasteiger partial charge on any atom is -0.478 e. The van der Waals surface area contributed by atoms with Crippen molar-refractivity contribution in [2.24, 2.45) is 5.10 Å². The van der Waals surface area contributed by atoms with Crippen LogP contribution >= 0.6 is 0 Å². The molecule has 0 aliphatic rings. The predicted molar refractivity (Wildman–Crippen MR) is 139 cm³/mol. The molecule has 3 N–H and O–H groups in total. The smallest absolute Gasteiger partial charge is 0.336 e. The van der Waals surface area contributed by atoms with Crippen LogP contribution in [0.5, 0.6) is 0 Å². The first-order valence-corrected chi connectivity index (χ1v) is 12.7. The SMILES string of the molecule is CC(=O)Nc1ccc(S(=O)(=O)N(CCc2ccccc2)CC(=O)NN=Cc2ccccc2C(=O)O)cc1. The molecule has 0 radical (unpaired) electrons. The zero-order valence-corrected chi connectivity index (χ0v) is 20.8. The molecule has 10 nitrogen and oxygen atoms in total. The van der Waals surface area contributed by atoms with Crippen molar-refractivity contribution in [2.45, 2.75) is 18.2 Å². The highest BCUT2D eigenvalue weighted by Gasteiger charge is 2.26. The van der Waals surface area contributed by atoms with E-state index in [2.05, 4.69) is 15.8 Å². The molecule has 2 amide bonds. The topological polar surface area (TPSA) is 145 Å². The Kier molecular flexibility index (Phi) is 9.25. The highest BCUT2D eigenvalue weighted by Crippen LogP contribution is 2.19. The number of rotatable bonds is 11. The van der Waals surface area contributed by atoms with Crippen molar-refractivity contribution in [1.82, 2.24) is 9.73 Å². The van der Waals surface area contributed by atoms with Gasteiger partial charge in [0, 0.05) is 24.7 Å². The minimum absolute atomic E-state index is 0.00951. The summed E-state index contributed by atoms with van der Waals surface area (Å²) < 4.78 is 27.8. The summed E-state index contributed by atoms with van der Waals surface area (Å²) in [7, 11) is -4.08. The van der Waals surface area contributed by atoms with Crippen LogP contribution in [0.4, 0.5) is 5.69 Å². The van der Waals surface area contributed by atoms with Gasteiger partial charge in [0.25, 0.3) is 5.91 Å². The highest BCUT2D eigenvalue weighted by molar-refractivity contribution is 7.89. The number of anilines is 1. The Hall–Kier alpha value is -4.35. The number of nitrogens with zero attached hydrogens (tertiary/aromatic N) is 2. The summed E-state index contributed by atoms with van der Waals surface area (Å²) in [6.45, 7) is 0.858. The van der Waals surface area contributed by atoms with E-state index in [4.69, 9.17) is 0 Å². The summed E-state index contributed by atoms with van der Waals surface area (Å²) in [6.07, 6.45) is 1.55. The molecule has 3 aromatic carbocycles. The van der Waals surface area contributed by atoms with Crippen LogP contribution in [0.25, 0.3) is 0 Å². The number of carboxylic acids is 1. The Labute approximate surface area is 214 Å². The van der Waals surface area contributed by atoms with Gasteiger partial charge in [-0.05, 0) is 42.3 Å². The zero-order chi connectivity index (χ0) is 26.8. The third-order valence-electron chi connectivity index (χ3n) is 5.21. The third-order valence-corrected chi connectivity index (χ3v) is 7.07.